The molecule has 2 fully saturated rings. The molecular weight excluding hydrogens is 210 g/mol. The van der Waals surface area contributed by atoms with E-state index in [1.165, 1.54) is 0 Å². The predicted octanol–water partition coefficient (Wildman–Crippen LogP) is 2.70. The smallest absolute Gasteiger partial charge is 0.223 e. The Kier molecular flexibility index (Phi) is 2.98. The van der Waals surface area contributed by atoms with Crippen molar-refractivity contribution < 1.29 is 4.79 Å². The summed E-state index contributed by atoms with van der Waals surface area (Å²) in [5, 5.41) is 3.49. The SMILES string of the molecule is CC1(C)CC1C(=O)NC1CCC(Cl)CC1. The van der Waals surface area contributed by atoms with Crippen LogP contribution in [0.15, 0.2) is 0 Å². The fraction of sp³-hybridized carbons (Fsp3) is 0.917. The summed E-state index contributed by atoms with van der Waals surface area (Å²) in [6.07, 6.45) is 5.23. The third-order valence-electron chi connectivity index (χ3n) is 3.83. The van der Waals surface area contributed by atoms with Gasteiger partial charge >= 0.3 is 0 Å². The van der Waals surface area contributed by atoms with E-state index in [1.807, 2.05) is 0 Å². The van der Waals surface area contributed by atoms with E-state index in [0.29, 0.717) is 11.4 Å². The van der Waals surface area contributed by atoms with Crippen LogP contribution in [0.25, 0.3) is 0 Å². The molecule has 2 aliphatic carbocycles. The molecule has 0 aromatic heterocycles. The lowest BCUT2D eigenvalue weighted by Gasteiger charge is -2.26. The van der Waals surface area contributed by atoms with Gasteiger partial charge < -0.3 is 5.32 Å². The van der Waals surface area contributed by atoms with Gasteiger partial charge in [-0.3, -0.25) is 4.79 Å². The normalized spacial score (nSPS) is 38.5. The van der Waals surface area contributed by atoms with E-state index in [0.717, 1.165) is 32.1 Å². The maximum Gasteiger partial charge on any atom is 0.223 e. The van der Waals surface area contributed by atoms with Crippen molar-refractivity contribution >= 4 is 17.5 Å². The lowest BCUT2D eigenvalue weighted by atomic mass is 9.94. The molecule has 0 aromatic carbocycles. The largest absolute Gasteiger partial charge is 0.353 e. The average molecular weight is 230 g/mol. The highest BCUT2D eigenvalue weighted by atomic mass is 35.5. The molecule has 1 unspecified atom stereocenters. The van der Waals surface area contributed by atoms with Gasteiger partial charge in [-0.2, -0.15) is 0 Å². The second-order valence-electron chi connectivity index (χ2n) is 5.70. The first kappa shape index (κ1) is 11.3. The van der Waals surface area contributed by atoms with Gasteiger partial charge in [-0.1, -0.05) is 13.8 Å². The Hall–Kier alpha value is -0.240. The fourth-order valence-corrected chi connectivity index (χ4v) is 2.67. The number of rotatable bonds is 2. The number of halogens is 1. The third kappa shape index (κ3) is 2.66. The Balaban J connectivity index is 1.76. The average Bonchev–Trinajstić information content (AvgIpc) is 2.79. The minimum atomic E-state index is 0.244. The zero-order chi connectivity index (χ0) is 11.1. The standard InChI is InChI=1S/C12H20ClNO/c1-12(2)7-10(12)11(15)14-9-5-3-8(13)4-6-9/h8-10H,3-7H2,1-2H3,(H,14,15). The van der Waals surface area contributed by atoms with E-state index < -0.39 is 0 Å². The molecule has 86 valence electrons. The van der Waals surface area contributed by atoms with Gasteiger partial charge in [-0.25, -0.2) is 0 Å². The Labute approximate surface area is 96.8 Å². The fourth-order valence-electron chi connectivity index (χ4n) is 2.41. The van der Waals surface area contributed by atoms with E-state index in [4.69, 9.17) is 11.6 Å². The summed E-state index contributed by atoms with van der Waals surface area (Å²) < 4.78 is 0. The summed E-state index contributed by atoms with van der Waals surface area (Å²) in [6, 6.07) is 0.379. The molecule has 1 N–H and O–H groups in total. The molecule has 0 radical (unpaired) electrons. The van der Waals surface area contributed by atoms with Crippen molar-refractivity contribution in [3.05, 3.63) is 0 Å². The van der Waals surface area contributed by atoms with Crippen LogP contribution in [0.3, 0.4) is 0 Å². The summed E-state index contributed by atoms with van der Waals surface area (Å²) in [5.41, 5.74) is 0.244. The maximum absolute atomic E-state index is 11.8. The van der Waals surface area contributed by atoms with Crippen molar-refractivity contribution in [2.75, 3.05) is 0 Å². The van der Waals surface area contributed by atoms with Crippen LogP contribution >= 0.6 is 11.6 Å². The minimum Gasteiger partial charge on any atom is -0.353 e. The van der Waals surface area contributed by atoms with Gasteiger partial charge in [-0.05, 0) is 37.5 Å². The van der Waals surface area contributed by atoms with E-state index in [2.05, 4.69) is 19.2 Å². The Morgan fingerprint density at radius 1 is 1.27 bits per heavy atom. The van der Waals surface area contributed by atoms with E-state index in [1.54, 1.807) is 0 Å². The predicted molar refractivity (Wildman–Crippen MR) is 61.9 cm³/mol. The summed E-state index contributed by atoms with van der Waals surface area (Å²) in [6.45, 7) is 4.32. The Bertz CT molecular complexity index is 256. The second-order valence-corrected chi connectivity index (χ2v) is 6.32. The first-order chi connectivity index (χ1) is 6.99. The summed E-state index contributed by atoms with van der Waals surface area (Å²) >= 11 is 6.03. The maximum atomic E-state index is 11.8. The van der Waals surface area contributed by atoms with Crippen LogP contribution in [-0.4, -0.2) is 17.3 Å². The molecule has 1 atom stereocenters. The molecule has 2 aliphatic rings. The van der Waals surface area contributed by atoms with Gasteiger partial charge in [0.25, 0.3) is 0 Å². The van der Waals surface area contributed by atoms with E-state index in [9.17, 15) is 4.79 Å². The van der Waals surface area contributed by atoms with Crippen molar-refractivity contribution in [1.29, 1.82) is 0 Å². The van der Waals surface area contributed by atoms with Crippen LogP contribution in [-0.2, 0) is 4.79 Å². The molecule has 2 saturated carbocycles. The summed E-state index contributed by atoms with van der Waals surface area (Å²) in [7, 11) is 0. The lowest BCUT2D eigenvalue weighted by molar-refractivity contribution is -0.123. The third-order valence-corrected chi connectivity index (χ3v) is 4.27. The highest BCUT2D eigenvalue weighted by Crippen LogP contribution is 2.51. The molecule has 2 rings (SSSR count). The monoisotopic (exact) mass is 229 g/mol. The van der Waals surface area contributed by atoms with Crippen LogP contribution in [0.2, 0.25) is 0 Å². The Morgan fingerprint density at radius 3 is 2.27 bits per heavy atom. The van der Waals surface area contributed by atoms with Gasteiger partial charge in [0.15, 0.2) is 0 Å². The number of amides is 1. The first-order valence-corrected chi connectivity index (χ1v) is 6.37. The Morgan fingerprint density at radius 2 is 1.80 bits per heavy atom. The zero-order valence-electron chi connectivity index (χ0n) is 9.55. The molecule has 2 nitrogen and oxygen atoms in total. The minimum absolute atomic E-state index is 0.244. The number of carbonyl (C=O) groups excluding carboxylic acids is 1. The van der Waals surface area contributed by atoms with Crippen LogP contribution in [0, 0.1) is 11.3 Å². The molecular formula is C12H20ClNO. The van der Waals surface area contributed by atoms with Gasteiger partial charge in [0.2, 0.25) is 5.91 Å². The molecule has 15 heavy (non-hydrogen) atoms. The van der Waals surface area contributed by atoms with E-state index in [-0.39, 0.29) is 17.2 Å². The van der Waals surface area contributed by atoms with Gasteiger partial charge in [-0.15, -0.1) is 11.6 Å². The van der Waals surface area contributed by atoms with Crippen molar-refractivity contribution in [2.45, 2.75) is 57.4 Å². The molecule has 0 bridgehead atoms. The zero-order valence-corrected chi connectivity index (χ0v) is 10.3. The topological polar surface area (TPSA) is 29.1 Å². The molecule has 0 saturated heterocycles. The van der Waals surface area contributed by atoms with Crippen LogP contribution in [0.1, 0.15) is 46.0 Å². The molecule has 1 amide bonds. The highest BCUT2D eigenvalue weighted by Gasteiger charge is 2.50. The molecule has 0 aromatic rings. The van der Waals surface area contributed by atoms with Crippen LogP contribution < -0.4 is 5.32 Å². The lowest BCUT2D eigenvalue weighted by Crippen LogP contribution is -2.39. The number of carbonyl (C=O) groups is 1. The summed E-state index contributed by atoms with van der Waals surface area (Å²) in [4.78, 5) is 11.8. The second kappa shape index (κ2) is 3.97. The van der Waals surface area contributed by atoms with Gasteiger partial charge in [0.05, 0.1) is 0 Å². The van der Waals surface area contributed by atoms with Crippen molar-refractivity contribution in [3.63, 3.8) is 0 Å². The van der Waals surface area contributed by atoms with Crippen molar-refractivity contribution in [1.82, 2.24) is 5.32 Å². The summed E-state index contributed by atoms with van der Waals surface area (Å²) in [5.74, 6) is 0.518. The number of hydrogen-bond acceptors (Lipinski definition) is 1. The molecule has 3 heteroatoms. The molecule has 0 heterocycles. The quantitative estimate of drug-likeness (QED) is 0.725. The highest BCUT2D eigenvalue weighted by molar-refractivity contribution is 6.20. The van der Waals surface area contributed by atoms with Gasteiger partial charge in [0.1, 0.15) is 0 Å². The van der Waals surface area contributed by atoms with Crippen LogP contribution in [0.5, 0.6) is 0 Å². The van der Waals surface area contributed by atoms with E-state index >= 15 is 0 Å². The molecule has 0 aliphatic heterocycles. The van der Waals surface area contributed by atoms with Gasteiger partial charge in [0, 0.05) is 17.3 Å². The molecule has 0 spiro atoms. The first-order valence-electron chi connectivity index (χ1n) is 5.93. The van der Waals surface area contributed by atoms with Crippen molar-refractivity contribution in [2.24, 2.45) is 11.3 Å². The number of alkyl halides is 1. The number of hydrogen-bond donors (Lipinski definition) is 1. The van der Waals surface area contributed by atoms with Crippen molar-refractivity contribution in [3.8, 4) is 0 Å². The number of nitrogens with one attached hydrogen (secondary N) is 1. The van der Waals surface area contributed by atoms with Crippen LogP contribution in [0.4, 0.5) is 0 Å².